The van der Waals surface area contributed by atoms with Crippen LogP contribution < -0.4 is 5.32 Å². The zero-order valence-electron chi connectivity index (χ0n) is 14.1. The molecule has 1 aliphatic rings. The summed E-state index contributed by atoms with van der Waals surface area (Å²) in [6, 6.07) is 9.35. The number of benzene rings is 1. The first kappa shape index (κ1) is 16.5. The van der Waals surface area contributed by atoms with E-state index in [1.807, 2.05) is 0 Å². The van der Waals surface area contributed by atoms with Crippen molar-refractivity contribution in [3.05, 3.63) is 35.4 Å². The highest BCUT2D eigenvalue weighted by atomic mass is 16.5. The van der Waals surface area contributed by atoms with Crippen molar-refractivity contribution >= 4 is 0 Å². The molecule has 0 radical (unpaired) electrons. The molecule has 0 heterocycles. The largest absolute Gasteiger partial charge is 0.374 e. The van der Waals surface area contributed by atoms with Crippen LogP contribution in [0.4, 0.5) is 0 Å². The summed E-state index contributed by atoms with van der Waals surface area (Å²) in [5.74, 6) is 1.62. The normalized spacial score (nSPS) is 26.2. The standard InChI is InChI=1S/C19H31NO/c1-14(2)20-12-17-5-7-18(8-6-17)13-21-19-10-15(3)9-16(4)11-19/h5-8,14-16,19-20H,9-13H2,1-4H3. The molecule has 118 valence electrons. The molecule has 1 aromatic rings. The van der Waals surface area contributed by atoms with Gasteiger partial charge in [-0.2, -0.15) is 0 Å². The topological polar surface area (TPSA) is 21.3 Å². The average Bonchev–Trinajstić information content (AvgIpc) is 2.43. The molecule has 0 aromatic heterocycles. The maximum atomic E-state index is 6.13. The molecule has 21 heavy (non-hydrogen) atoms. The second kappa shape index (κ2) is 7.95. The van der Waals surface area contributed by atoms with Crippen molar-refractivity contribution in [2.75, 3.05) is 0 Å². The predicted octanol–water partition coefficient (Wildman–Crippen LogP) is 4.53. The van der Waals surface area contributed by atoms with E-state index < -0.39 is 0 Å². The van der Waals surface area contributed by atoms with Crippen molar-refractivity contribution in [3.63, 3.8) is 0 Å². The van der Waals surface area contributed by atoms with Crippen molar-refractivity contribution in [1.82, 2.24) is 5.32 Å². The average molecular weight is 289 g/mol. The molecule has 1 N–H and O–H groups in total. The van der Waals surface area contributed by atoms with Gasteiger partial charge in [0.15, 0.2) is 0 Å². The first-order valence-electron chi connectivity index (χ1n) is 8.45. The van der Waals surface area contributed by atoms with Crippen LogP contribution in [0.2, 0.25) is 0 Å². The van der Waals surface area contributed by atoms with Crippen molar-refractivity contribution in [3.8, 4) is 0 Å². The number of hydrogen-bond donors (Lipinski definition) is 1. The van der Waals surface area contributed by atoms with E-state index in [1.54, 1.807) is 0 Å². The Morgan fingerprint density at radius 3 is 2.14 bits per heavy atom. The second-order valence-electron chi connectivity index (χ2n) is 7.20. The summed E-state index contributed by atoms with van der Waals surface area (Å²) in [5, 5.41) is 3.44. The summed E-state index contributed by atoms with van der Waals surface area (Å²) < 4.78 is 6.13. The molecular formula is C19H31NO. The van der Waals surface area contributed by atoms with E-state index >= 15 is 0 Å². The zero-order chi connectivity index (χ0) is 15.2. The first-order valence-corrected chi connectivity index (χ1v) is 8.45. The Balaban J connectivity index is 1.78. The highest BCUT2D eigenvalue weighted by Gasteiger charge is 2.24. The first-order chi connectivity index (χ1) is 10.0. The molecule has 1 aliphatic carbocycles. The van der Waals surface area contributed by atoms with Gasteiger partial charge in [0.05, 0.1) is 12.7 Å². The summed E-state index contributed by atoms with van der Waals surface area (Å²) in [5.41, 5.74) is 2.63. The van der Waals surface area contributed by atoms with Crippen LogP contribution in [0.15, 0.2) is 24.3 Å². The minimum atomic E-state index is 0.450. The van der Waals surface area contributed by atoms with Crippen LogP contribution in [0.5, 0.6) is 0 Å². The second-order valence-corrected chi connectivity index (χ2v) is 7.20. The van der Waals surface area contributed by atoms with Crippen LogP contribution in [-0.4, -0.2) is 12.1 Å². The van der Waals surface area contributed by atoms with E-state index in [1.165, 1.54) is 30.4 Å². The van der Waals surface area contributed by atoms with Crippen LogP contribution in [0.3, 0.4) is 0 Å². The maximum Gasteiger partial charge on any atom is 0.0720 e. The van der Waals surface area contributed by atoms with Crippen molar-refractivity contribution in [1.29, 1.82) is 0 Å². The number of hydrogen-bond acceptors (Lipinski definition) is 2. The smallest absolute Gasteiger partial charge is 0.0720 e. The fourth-order valence-electron chi connectivity index (χ4n) is 3.30. The molecule has 0 aliphatic heterocycles. The van der Waals surface area contributed by atoms with Crippen molar-refractivity contribution in [2.24, 2.45) is 11.8 Å². The van der Waals surface area contributed by atoms with Gasteiger partial charge < -0.3 is 10.1 Å². The Morgan fingerprint density at radius 2 is 1.57 bits per heavy atom. The van der Waals surface area contributed by atoms with Crippen LogP contribution in [0, 0.1) is 11.8 Å². The van der Waals surface area contributed by atoms with Gasteiger partial charge >= 0.3 is 0 Å². The Morgan fingerprint density at radius 1 is 1.00 bits per heavy atom. The highest BCUT2D eigenvalue weighted by molar-refractivity contribution is 5.22. The van der Waals surface area contributed by atoms with E-state index in [0.717, 1.165) is 25.0 Å². The van der Waals surface area contributed by atoms with E-state index in [2.05, 4.69) is 57.3 Å². The van der Waals surface area contributed by atoms with Gasteiger partial charge in [-0.1, -0.05) is 52.0 Å². The van der Waals surface area contributed by atoms with Crippen molar-refractivity contribution < 1.29 is 4.74 Å². The van der Waals surface area contributed by atoms with Crippen LogP contribution >= 0.6 is 0 Å². The third-order valence-electron chi connectivity index (χ3n) is 4.36. The minimum absolute atomic E-state index is 0.450. The minimum Gasteiger partial charge on any atom is -0.374 e. The number of nitrogens with one attached hydrogen (secondary N) is 1. The van der Waals surface area contributed by atoms with Gasteiger partial charge in [-0.3, -0.25) is 0 Å². The van der Waals surface area contributed by atoms with Gasteiger partial charge in [0.2, 0.25) is 0 Å². The molecule has 0 amide bonds. The Labute approximate surface area is 130 Å². The molecule has 2 rings (SSSR count). The van der Waals surface area contributed by atoms with E-state index in [0.29, 0.717) is 12.1 Å². The number of rotatable bonds is 6. The molecule has 1 fully saturated rings. The SMILES string of the molecule is CC1CC(C)CC(OCc2ccc(CNC(C)C)cc2)C1. The predicted molar refractivity (Wildman–Crippen MR) is 89.2 cm³/mol. The maximum absolute atomic E-state index is 6.13. The Hall–Kier alpha value is -0.860. The lowest BCUT2D eigenvalue weighted by atomic mass is 9.82. The molecule has 2 unspecified atom stereocenters. The highest BCUT2D eigenvalue weighted by Crippen LogP contribution is 2.30. The molecule has 1 aromatic carbocycles. The van der Waals surface area contributed by atoms with Crippen LogP contribution in [0.1, 0.15) is 58.1 Å². The van der Waals surface area contributed by atoms with Crippen molar-refractivity contribution in [2.45, 2.75) is 72.3 Å². The van der Waals surface area contributed by atoms with Gasteiger partial charge in [0.25, 0.3) is 0 Å². The van der Waals surface area contributed by atoms with Gasteiger partial charge in [0.1, 0.15) is 0 Å². The lowest BCUT2D eigenvalue weighted by Gasteiger charge is -2.31. The molecule has 2 atom stereocenters. The Bertz CT molecular complexity index is 402. The van der Waals surface area contributed by atoms with E-state index in [-0.39, 0.29) is 0 Å². The van der Waals surface area contributed by atoms with Gasteiger partial charge in [-0.05, 0) is 42.2 Å². The summed E-state index contributed by atoms with van der Waals surface area (Å²) in [4.78, 5) is 0. The zero-order valence-corrected chi connectivity index (χ0v) is 14.1. The fourth-order valence-corrected chi connectivity index (χ4v) is 3.30. The quantitative estimate of drug-likeness (QED) is 0.831. The third-order valence-corrected chi connectivity index (χ3v) is 4.36. The molecule has 1 saturated carbocycles. The summed E-state index contributed by atoms with van der Waals surface area (Å²) in [7, 11) is 0. The monoisotopic (exact) mass is 289 g/mol. The molecule has 0 saturated heterocycles. The summed E-state index contributed by atoms with van der Waals surface area (Å²) in [6.07, 6.45) is 4.25. The van der Waals surface area contributed by atoms with Gasteiger partial charge in [0, 0.05) is 12.6 Å². The summed E-state index contributed by atoms with van der Waals surface area (Å²) >= 11 is 0. The Kier molecular flexibility index (Phi) is 6.25. The molecule has 0 bridgehead atoms. The van der Waals surface area contributed by atoms with E-state index in [4.69, 9.17) is 4.74 Å². The molecule has 2 heteroatoms. The molecule has 2 nitrogen and oxygen atoms in total. The molecular weight excluding hydrogens is 258 g/mol. The van der Waals surface area contributed by atoms with Gasteiger partial charge in [-0.25, -0.2) is 0 Å². The van der Waals surface area contributed by atoms with Gasteiger partial charge in [-0.15, -0.1) is 0 Å². The van der Waals surface area contributed by atoms with Crippen LogP contribution in [0.25, 0.3) is 0 Å². The third kappa shape index (κ3) is 5.80. The van der Waals surface area contributed by atoms with E-state index in [9.17, 15) is 0 Å². The van der Waals surface area contributed by atoms with Crippen LogP contribution in [-0.2, 0) is 17.9 Å². The number of ether oxygens (including phenoxy) is 1. The lowest BCUT2D eigenvalue weighted by Crippen LogP contribution is -2.26. The lowest BCUT2D eigenvalue weighted by molar-refractivity contribution is -0.00915. The fraction of sp³-hybridized carbons (Fsp3) is 0.684. The summed E-state index contributed by atoms with van der Waals surface area (Å²) in [6.45, 7) is 10.7. The molecule has 0 spiro atoms.